The van der Waals surface area contributed by atoms with E-state index in [-0.39, 0.29) is 0 Å². The van der Waals surface area contributed by atoms with Crippen molar-refractivity contribution < 1.29 is 4.74 Å². The Morgan fingerprint density at radius 3 is 2.48 bits per heavy atom. The highest BCUT2D eigenvalue weighted by Gasteiger charge is 2.11. The summed E-state index contributed by atoms with van der Waals surface area (Å²) in [5.41, 5.74) is 0. The SMILES string of the molecule is CCCNc1ncnc(NCCc2nncn2C)c1OC. The number of ether oxygens (including phenoxy) is 1. The molecule has 0 bridgehead atoms. The molecule has 0 aliphatic carbocycles. The van der Waals surface area contributed by atoms with E-state index in [4.69, 9.17) is 4.74 Å². The van der Waals surface area contributed by atoms with E-state index in [9.17, 15) is 0 Å². The molecule has 0 radical (unpaired) electrons. The zero-order chi connectivity index (χ0) is 15.1. The average Bonchev–Trinajstić information content (AvgIpc) is 2.90. The fourth-order valence-corrected chi connectivity index (χ4v) is 1.89. The molecule has 0 spiro atoms. The van der Waals surface area contributed by atoms with Crippen LogP contribution in [-0.4, -0.2) is 44.9 Å². The first-order valence-electron chi connectivity index (χ1n) is 6.95. The van der Waals surface area contributed by atoms with Crippen molar-refractivity contribution >= 4 is 11.6 Å². The summed E-state index contributed by atoms with van der Waals surface area (Å²) >= 11 is 0. The molecule has 0 saturated heterocycles. The molecule has 2 aromatic heterocycles. The molecule has 0 aromatic carbocycles. The largest absolute Gasteiger partial charge is 0.490 e. The molecule has 2 aromatic rings. The average molecular weight is 291 g/mol. The molecule has 2 heterocycles. The smallest absolute Gasteiger partial charge is 0.204 e. The van der Waals surface area contributed by atoms with Crippen LogP contribution < -0.4 is 15.4 Å². The van der Waals surface area contributed by atoms with Gasteiger partial charge in [0.15, 0.2) is 11.6 Å². The van der Waals surface area contributed by atoms with Crippen molar-refractivity contribution in [2.24, 2.45) is 7.05 Å². The maximum atomic E-state index is 5.40. The van der Waals surface area contributed by atoms with E-state index in [1.165, 1.54) is 6.33 Å². The Labute approximate surface area is 124 Å². The van der Waals surface area contributed by atoms with Crippen LogP contribution in [0.3, 0.4) is 0 Å². The summed E-state index contributed by atoms with van der Waals surface area (Å²) in [6, 6.07) is 0. The number of rotatable bonds is 8. The van der Waals surface area contributed by atoms with Crippen molar-refractivity contribution in [3.8, 4) is 5.75 Å². The molecule has 0 fully saturated rings. The van der Waals surface area contributed by atoms with Crippen LogP contribution in [0.25, 0.3) is 0 Å². The Morgan fingerprint density at radius 1 is 1.19 bits per heavy atom. The van der Waals surface area contributed by atoms with Gasteiger partial charge < -0.3 is 19.9 Å². The molecule has 0 aliphatic heterocycles. The third-order valence-corrected chi connectivity index (χ3v) is 3.00. The summed E-state index contributed by atoms with van der Waals surface area (Å²) in [7, 11) is 3.54. The topological polar surface area (TPSA) is 89.8 Å². The zero-order valence-corrected chi connectivity index (χ0v) is 12.6. The summed E-state index contributed by atoms with van der Waals surface area (Å²) in [6.45, 7) is 3.62. The minimum atomic E-state index is 0.629. The van der Waals surface area contributed by atoms with Gasteiger partial charge in [-0.15, -0.1) is 10.2 Å². The Balaban J connectivity index is 2.00. The molecule has 21 heavy (non-hydrogen) atoms. The lowest BCUT2D eigenvalue weighted by molar-refractivity contribution is 0.414. The minimum Gasteiger partial charge on any atom is -0.490 e. The summed E-state index contributed by atoms with van der Waals surface area (Å²) in [5, 5.41) is 14.4. The Hall–Kier alpha value is -2.38. The summed E-state index contributed by atoms with van der Waals surface area (Å²) in [6.07, 6.45) is 4.97. The van der Waals surface area contributed by atoms with Gasteiger partial charge in [-0.3, -0.25) is 0 Å². The molecule has 0 saturated carbocycles. The summed E-state index contributed by atoms with van der Waals surface area (Å²) in [4.78, 5) is 8.44. The fourth-order valence-electron chi connectivity index (χ4n) is 1.89. The monoisotopic (exact) mass is 291 g/mol. The molecule has 8 heteroatoms. The van der Waals surface area contributed by atoms with Crippen molar-refractivity contribution in [1.82, 2.24) is 24.7 Å². The lowest BCUT2D eigenvalue weighted by Crippen LogP contribution is -2.12. The highest BCUT2D eigenvalue weighted by atomic mass is 16.5. The van der Waals surface area contributed by atoms with E-state index in [1.807, 2.05) is 11.6 Å². The van der Waals surface area contributed by atoms with Gasteiger partial charge in [0.1, 0.15) is 18.5 Å². The van der Waals surface area contributed by atoms with E-state index < -0.39 is 0 Å². The normalized spacial score (nSPS) is 10.4. The van der Waals surface area contributed by atoms with E-state index in [0.29, 0.717) is 23.9 Å². The van der Waals surface area contributed by atoms with Gasteiger partial charge in [0.25, 0.3) is 0 Å². The molecule has 8 nitrogen and oxygen atoms in total. The summed E-state index contributed by atoms with van der Waals surface area (Å²) in [5.74, 6) is 2.92. The van der Waals surface area contributed by atoms with Crippen molar-refractivity contribution in [1.29, 1.82) is 0 Å². The van der Waals surface area contributed by atoms with E-state index in [1.54, 1.807) is 13.4 Å². The van der Waals surface area contributed by atoms with Crippen molar-refractivity contribution in [3.05, 3.63) is 18.5 Å². The molecule has 0 amide bonds. The highest BCUT2D eigenvalue weighted by molar-refractivity contribution is 5.63. The number of methoxy groups -OCH3 is 1. The van der Waals surface area contributed by atoms with Gasteiger partial charge in [0.2, 0.25) is 5.75 Å². The lowest BCUT2D eigenvalue weighted by atomic mass is 10.3. The second-order valence-electron chi connectivity index (χ2n) is 4.57. The van der Waals surface area contributed by atoms with Crippen LogP contribution in [0.4, 0.5) is 11.6 Å². The van der Waals surface area contributed by atoms with Crippen LogP contribution >= 0.6 is 0 Å². The quantitative estimate of drug-likeness (QED) is 0.752. The molecule has 0 aliphatic rings. The predicted octanol–water partition coefficient (Wildman–Crippen LogP) is 1.09. The van der Waals surface area contributed by atoms with E-state index in [0.717, 1.165) is 25.2 Å². The molecule has 114 valence electrons. The van der Waals surface area contributed by atoms with Crippen LogP contribution in [0, 0.1) is 0 Å². The van der Waals surface area contributed by atoms with Gasteiger partial charge in [-0.05, 0) is 6.42 Å². The minimum absolute atomic E-state index is 0.629. The van der Waals surface area contributed by atoms with E-state index >= 15 is 0 Å². The number of nitrogens with zero attached hydrogens (tertiary/aromatic N) is 5. The molecular weight excluding hydrogens is 270 g/mol. The van der Waals surface area contributed by atoms with Crippen LogP contribution in [0.2, 0.25) is 0 Å². The second-order valence-corrected chi connectivity index (χ2v) is 4.57. The molecule has 2 N–H and O–H groups in total. The van der Waals surface area contributed by atoms with Gasteiger partial charge in [0.05, 0.1) is 7.11 Å². The Bertz CT molecular complexity index is 569. The lowest BCUT2D eigenvalue weighted by Gasteiger charge is -2.13. The first-order chi connectivity index (χ1) is 10.3. The van der Waals surface area contributed by atoms with Crippen molar-refractivity contribution in [3.63, 3.8) is 0 Å². The summed E-state index contributed by atoms with van der Waals surface area (Å²) < 4.78 is 7.30. The Kier molecular flexibility index (Phi) is 5.30. The van der Waals surface area contributed by atoms with Crippen LogP contribution in [-0.2, 0) is 13.5 Å². The molecule has 2 rings (SSSR count). The molecule has 0 unspecified atom stereocenters. The molecule has 0 atom stereocenters. The fraction of sp³-hybridized carbons (Fsp3) is 0.538. The number of aromatic nitrogens is 5. The Morgan fingerprint density at radius 2 is 1.90 bits per heavy atom. The third-order valence-electron chi connectivity index (χ3n) is 3.00. The van der Waals surface area contributed by atoms with E-state index in [2.05, 4.69) is 37.7 Å². The third kappa shape index (κ3) is 3.80. The number of anilines is 2. The number of aryl methyl sites for hydroxylation is 1. The highest BCUT2D eigenvalue weighted by Crippen LogP contribution is 2.28. The number of hydrogen-bond donors (Lipinski definition) is 2. The maximum absolute atomic E-state index is 5.40. The first-order valence-corrected chi connectivity index (χ1v) is 6.95. The van der Waals surface area contributed by atoms with Crippen LogP contribution in [0.5, 0.6) is 5.75 Å². The van der Waals surface area contributed by atoms with Gasteiger partial charge in [-0.25, -0.2) is 9.97 Å². The predicted molar refractivity (Wildman–Crippen MR) is 80.6 cm³/mol. The number of nitrogens with one attached hydrogen (secondary N) is 2. The first kappa shape index (κ1) is 15.0. The van der Waals surface area contributed by atoms with Gasteiger partial charge >= 0.3 is 0 Å². The second kappa shape index (κ2) is 7.41. The van der Waals surface area contributed by atoms with Crippen LogP contribution in [0.15, 0.2) is 12.7 Å². The van der Waals surface area contributed by atoms with Crippen molar-refractivity contribution in [2.75, 3.05) is 30.8 Å². The number of hydrogen-bond acceptors (Lipinski definition) is 7. The molecular formula is C13H21N7O. The zero-order valence-electron chi connectivity index (χ0n) is 12.6. The van der Waals surface area contributed by atoms with Crippen molar-refractivity contribution in [2.45, 2.75) is 19.8 Å². The van der Waals surface area contributed by atoms with Gasteiger partial charge in [-0.2, -0.15) is 0 Å². The maximum Gasteiger partial charge on any atom is 0.204 e. The van der Waals surface area contributed by atoms with Gasteiger partial charge in [-0.1, -0.05) is 6.92 Å². The van der Waals surface area contributed by atoms with Gasteiger partial charge in [0, 0.05) is 26.6 Å². The standard InChI is InChI=1S/C13H21N7O/c1-4-6-14-12-11(21-3)13(17-8-16-12)15-7-5-10-19-18-9-20(10)2/h8-9H,4-7H2,1-3H3,(H2,14,15,16,17). The van der Waals surface area contributed by atoms with Crippen LogP contribution in [0.1, 0.15) is 19.2 Å².